The van der Waals surface area contributed by atoms with Crippen LogP contribution in [-0.2, 0) is 10.0 Å². The van der Waals surface area contributed by atoms with Gasteiger partial charge in [-0.15, -0.1) is 0 Å². The lowest BCUT2D eigenvalue weighted by molar-refractivity contribution is 0.465. The molecule has 0 bridgehead atoms. The fourth-order valence-electron chi connectivity index (χ4n) is 1.59. The van der Waals surface area contributed by atoms with Crippen LogP contribution in [0.3, 0.4) is 0 Å². The fourth-order valence-corrected chi connectivity index (χ4v) is 3.35. The molecule has 3 N–H and O–H groups in total. The molecule has 0 aromatic carbocycles. The van der Waals surface area contributed by atoms with Gasteiger partial charge in [0.1, 0.15) is 4.90 Å². The Bertz CT molecular complexity index is 491. The van der Waals surface area contributed by atoms with E-state index >= 15 is 0 Å². The Labute approximate surface area is 116 Å². The van der Waals surface area contributed by atoms with Gasteiger partial charge in [-0.3, -0.25) is 4.98 Å². The average molecular weight is 336 g/mol. The predicted octanol–water partition coefficient (Wildman–Crippen LogP) is 1.50. The minimum Gasteiger partial charge on any atom is -0.329 e. The first-order valence-corrected chi connectivity index (χ1v) is 7.95. The van der Waals surface area contributed by atoms with Crippen LogP contribution in [0.4, 0.5) is 0 Å². The van der Waals surface area contributed by atoms with Crippen LogP contribution in [-0.4, -0.2) is 26.0 Å². The summed E-state index contributed by atoms with van der Waals surface area (Å²) in [6.07, 6.45) is 3.56. The van der Waals surface area contributed by atoms with E-state index in [2.05, 4.69) is 25.6 Å². The molecule has 0 spiro atoms. The van der Waals surface area contributed by atoms with Crippen LogP contribution in [0, 0.1) is 5.92 Å². The van der Waals surface area contributed by atoms with Crippen molar-refractivity contribution in [1.82, 2.24) is 9.71 Å². The van der Waals surface area contributed by atoms with Gasteiger partial charge in [0.15, 0.2) is 0 Å². The van der Waals surface area contributed by atoms with E-state index in [-0.39, 0.29) is 17.5 Å². The molecule has 1 aromatic rings. The van der Waals surface area contributed by atoms with Gasteiger partial charge in [-0.2, -0.15) is 0 Å². The Balaban J connectivity index is 2.87. The average Bonchev–Trinajstić information content (AvgIpc) is 2.27. The molecule has 0 aliphatic rings. The molecule has 0 saturated heterocycles. The highest BCUT2D eigenvalue weighted by Crippen LogP contribution is 2.15. The Morgan fingerprint density at radius 2 is 2.11 bits per heavy atom. The summed E-state index contributed by atoms with van der Waals surface area (Å²) in [5, 5.41) is 0. The topological polar surface area (TPSA) is 85.1 Å². The molecular weight excluding hydrogens is 318 g/mol. The Hall–Kier alpha value is -0.500. The number of pyridine rings is 1. The molecule has 1 rings (SSSR count). The van der Waals surface area contributed by atoms with Crippen molar-refractivity contribution in [3.63, 3.8) is 0 Å². The van der Waals surface area contributed by atoms with Gasteiger partial charge in [0.25, 0.3) is 0 Å². The lowest BCUT2D eigenvalue weighted by Crippen LogP contribution is -2.41. The molecule has 1 heterocycles. The zero-order valence-electron chi connectivity index (χ0n) is 10.4. The van der Waals surface area contributed by atoms with Crippen LogP contribution in [0.1, 0.15) is 20.3 Å². The van der Waals surface area contributed by atoms with E-state index < -0.39 is 10.0 Å². The molecular formula is C11H18BrN3O2S. The van der Waals surface area contributed by atoms with E-state index in [0.29, 0.717) is 16.8 Å². The number of hydrogen-bond donors (Lipinski definition) is 2. The second-order valence-corrected chi connectivity index (χ2v) is 7.15. The largest absolute Gasteiger partial charge is 0.329 e. The summed E-state index contributed by atoms with van der Waals surface area (Å²) < 4.78 is 27.4. The first-order chi connectivity index (χ1) is 8.35. The maximum absolute atomic E-state index is 12.1. The SMILES string of the molecule is CC(C)CC(CN)NS(=O)(=O)c1cncc(Br)c1. The number of nitrogens with one attached hydrogen (secondary N) is 1. The van der Waals surface area contributed by atoms with Crippen molar-refractivity contribution in [1.29, 1.82) is 0 Å². The van der Waals surface area contributed by atoms with E-state index in [9.17, 15) is 8.42 Å². The van der Waals surface area contributed by atoms with Crippen molar-refractivity contribution >= 4 is 26.0 Å². The summed E-state index contributed by atoms with van der Waals surface area (Å²) in [5.41, 5.74) is 5.58. The van der Waals surface area contributed by atoms with Crippen LogP contribution >= 0.6 is 15.9 Å². The van der Waals surface area contributed by atoms with Crippen molar-refractivity contribution < 1.29 is 8.42 Å². The molecule has 1 aromatic heterocycles. The molecule has 0 saturated carbocycles. The lowest BCUT2D eigenvalue weighted by Gasteiger charge is -2.18. The molecule has 102 valence electrons. The van der Waals surface area contributed by atoms with Gasteiger partial charge in [-0.25, -0.2) is 13.1 Å². The normalized spacial score (nSPS) is 13.8. The Morgan fingerprint density at radius 3 is 2.61 bits per heavy atom. The van der Waals surface area contributed by atoms with E-state index in [4.69, 9.17) is 5.73 Å². The Kier molecular flexibility index (Phi) is 5.71. The molecule has 0 aliphatic carbocycles. The molecule has 5 nitrogen and oxygen atoms in total. The van der Waals surface area contributed by atoms with Gasteiger partial charge < -0.3 is 5.73 Å². The van der Waals surface area contributed by atoms with Crippen LogP contribution in [0.25, 0.3) is 0 Å². The van der Waals surface area contributed by atoms with Crippen molar-refractivity contribution in [2.24, 2.45) is 11.7 Å². The summed E-state index contributed by atoms with van der Waals surface area (Å²) in [5.74, 6) is 0.377. The standard InChI is InChI=1S/C11H18BrN3O2S/c1-8(2)3-10(5-13)15-18(16,17)11-4-9(12)6-14-7-11/h4,6-8,10,15H,3,5,13H2,1-2H3. The Morgan fingerprint density at radius 1 is 1.44 bits per heavy atom. The van der Waals surface area contributed by atoms with E-state index in [1.165, 1.54) is 18.5 Å². The minimum atomic E-state index is -3.56. The summed E-state index contributed by atoms with van der Waals surface area (Å²) in [6, 6.07) is 1.26. The summed E-state index contributed by atoms with van der Waals surface area (Å²) >= 11 is 3.20. The molecule has 0 fully saturated rings. The van der Waals surface area contributed by atoms with Crippen molar-refractivity contribution in [3.05, 3.63) is 22.9 Å². The zero-order chi connectivity index (χ0) is 13.8. The maximum Gasteiger partial charge on any atom is 0.242 e. The first-order valence-electron chi connectivity index (χ1n) is 5.68. The smallest absolute Gasteiger partial charge is 0.242 e. The zero-order valence-corrected chi connectivity index (χ0v) is 12.8. The number of nitrogens with two attached hydrogens (primary N) is 1. The quantitative estimate of drug-likeness (QED) is 0.824. The molecule has 7 heteroatoms. The lowest BCUT2D eigenvalue weighted by atomic mass is 10.1. The highest BCUT2D eigenvalue weighted by molar-refractivity contribution is 9.10. The maximum atomic E-state index is 12.1. The van der Waals surface area contributed by atoms with Crippen molar-refractivity contribution in [2.45, 2.75) is 31.2 Å². The van der Waals surface area contributed by atoms with Crippen molar-refractivity contribution in [2.75, 3.05) is 6.54 Å². The minimum absolute atomic E-state index is 0.138. The monoisotopic (exact) mass is 335 g/mol. The molecule has 0 amide bonds. The van der Waals surface area contributed by atoms with E-state index in [0.717, 1.165) is 0 Å². The van der Waals surface area contributed by atoms with Gasteiger partial charge in [0, 0.05) is 29.5 Å². The van der Waals surface area contributed by atoms with Gasteiger partial charge in [-0.1, -0.05) is 13.8 Å². The molecule has 1 atom stereocenters. The third-order valence-corrected chi connectivity index (χ3v) is 4.27. The van der Waals surface area contributed by atoms with Crippen LogP contribution in [0.2, 0.25) is 0 Å². The van der Waals surface area contributed by atoms with Crippen molar-refractivity contribution in [3.8, 4) is 0 Å². The van der Waals surface area contributed by atoms with Gasteiger partial charge >= 0.3 is 0 Å². The van der Waals surface area contributed by atoms with Crippen LogP contribution in [0.15, 0.2) is 27.8 Å². The second kappa shape index (κ2) is 6.60. The third-order valence-electron chi connectivity index (χ3n) is 2.35. The van der Waals surface area contributed by atoms with Crippen LogP contribution in [0.5, 0.6) is 0 Å². The molecule has 0 aliphatic heterocycles. The number of nitrogens with zero attached hydrogens (tertiary/aromatic N) is 1. The molecule has 0 radical (unpaired) electrons. The number of sulfonamides is 1. The molecule has 1 unspecified atom stereocenters. The third kappa shape index (κ3) is 4.64. The fraction of sp³-hybridized carbons (Fsp3) is 0.545. The van der Waals surface area contributed by atoms with E-state index in [1.807, 2.05) is 13.8 Å². The number of halogens is 1. The number of hydrogen-bond acceptors (Lipinski definition) is 4. The van der Waals surface area contributed by atoms with Gasteiger partial charge in [0.2, 0.25) is 10.0 Å². The first kappa shape index (κ1) is 15.6. The highest BCUT2D eigenvalue weighted by Gasteiger charge is 2.20. The summed E-state index contributed by atoms with van der Waals surface area (Å²) in [7, 11) is -3.56. The predicted molar refractivity (Wildman–Crippen MR) is 74.6 cm³/mol. The van der Waals surface area contributed by atoms with Gasteiger partial charge in [-0.05, 0) is 34.3 Å². The van der Waals surface area contributed by atoms with E-state index in [1.54, 1.807) is 0 Å². The summed E-state index contributed by atoms with van der Waals surface area (Å²) in [4.78, 5) is 3.99. The highest BCUT2D eigenvalue weighted by atomic mass is 79.9. The summed E-state index contributed by atoms with van der Waals surface area (Å²) in [6.45, 7) is 4.33. The van der Waals surface area contributed by atoms with Crippen LogP contribution < -0.4 is 10.5 Å². The molecule has 18 heavy (non-hydrogen) atoms. The van der Waals surface area contributed by atoms with Gasteiger partial charge in [0.05, 0.1) is 0 Å². The number of aromatic nitrogens is 1. The second-order valence-electron chi connectivity index (χ2n) is 4.52. The number of rotatable bonds is 6.